The number of hydrogen-bond acceptors (Lipinski definition) is 5. The Bertz CT molecular complexity index is 1370. The molecule has 164 valence electrons. The van der Waals surface area contributed by atoms with Crippen LogP contribution >= 0.6 is 35.0 Å². The number of imide groups is 1. The first-order valence-corrected chi connectivity index (χ1v) is 12.5. The van der Waals surface area contributed by atoms with Gasteiger partial charge in [0.2, 0.25) is 10.0 Å². The zero-order valence-electron chi connectivity index (χ0n) is 16.4. The fourth-order valence-electron chi connectivity index (χ4n) is 3.16. The molecule has 0 aromatic heterocycles. The Balaban J connectivity index is 1.42. The summed E-state index contributed by atoms with van der Waals surface area (Å²) in [5.41, 5.74) is 0.627. The molecule has 6 nitrogen and oxygen atoms in total. The van der Waals surface area contributed by atoms with Gasteiger partial charge in [-0.25, -0.2) is 13.1 Å². The third-order valence-corrected chi connectivity index (χ3v) is 7.88. The minimum atomic E-state index is -3.80. The zero-order valence-corrected chi connectivity index (χ0v) is 19.6. The van der Waals surface area contributed by atoms with Crippen molar-refractivity contribution in [2.75, 3.05) is 13.1 Å². The first kappa shape index (κ1) is 22.8. The lowest BCUT2D eigenvalue weighted by molar-refractivity contribution is -0.122. The number of nitrogens with zero attached hydrogens (tertiary/aromatic N) is 1. The number of carbonyl (C=O) groups excluding carboxylic acids is 2. The van der Waals surface area contributed by atoms with E-state index < -0.39 is 21.2 Å². The summed E-state index contributed by atoms with van der Waals surface area (Å²) in [5, 5.41) is 1.98. The Morgan fingerprint density at radius 2 is 1.69 bits per heavy atom. The number of rotatable bonds is 6. The monoisotopic (exact) mass is 506 g/mol. The van der Waals surface area contributed by atoms with Crippen LogP contribution in [0.2, 0.25) is 10.0 Å². The highest BCUT2D eigenvalue weighted by Gasteiger charge is 2.34. The van der Waals surface area contributed by atoms with Crippen molar-refractivity contribution >= 4 is 73.0 Å². The molecule has 10 heteroatoms. The van der Waals surface area contributed by atoms with Gasteiger partial charge in [0.05, 0.1) is 19.8 Å². The molecule has 0 bridgehead atoms. The first-order valence-electron chi connectivity index (χ1n) is 9.43. The molecule has 0 spiro atoms. The van der Waals surface area contributed by atoms with Gasteiger partial charge in [-0.05, 0) is 58.4 Å². The summed E-state index contributed by atoms with van der Waals surface area (Å²) in [5.74, 6) is -0.490. The Hall–Kier alpha value is -2.36. The van der Waals surface area contributed by atoms with Gasteiger partial charge in [0.1, 0.15) is 0 Å². The van der Waals surface area contributed by atoms with Crippen molar-refractivity contribution in [3.05, 3.63) is 81.2 Å². The third kappa shape index (κ3) is 4.84. The van der Waals surface area contributed by atoms with Crippen molar-refractivity contribution in [2.24, 2.45) is 0 Å². The van der Waals surface area contributed by atoms with E-state index in [1.807, 2.05) is 24.3 Å². The summed E-state index contributed by atoms with van der Waals surface area (Å²) < 4.78 is 27.7. The summed E-state index contributed by atoms with van der Waals surface area (Å²) in [4.78, 5) is 26.3. The molecule has 1 fully saturated rings. The molecule has 32 heavy (non-hydrogen) atoms. The lowest BCUT2D eigenvalue weighted by Gasteiger charge is -2.13. The molecule has 1 aliphatic heterocycles. The molecule has 3 aromatic rings. The van der Waals surface area contributed by atoms with E-state index in [0.29, 0.717) is 15.6 Å². The van der Waals surface area contributed by atoms with Crippen LogP contribution in [0, 0.1) is 0 Å². The number of carbonyl (C=O) groups is 2. The van der Waals surface area contributed by atoms with E-state index in [1.165, 1.54) is 6.07 Å². The number of amides is 2. The minimum absolute atomic E-state index is 0.0871. The molecule has 1 aliphatic rings. The maximum atomic E-state index is 12.6. The molecule has 1 saturated heterocycles. The van der Waals surface area contributed by atoms with Gasteiger partial charge in [-0.1, -0.05) is 59.6 Å². The lowest BCUT2D eigenvalue weighted by Crippen LogP contribution is -2.37. The first-order chi connectivity index (χ1) is 15.2. The van der Waals surface area contributed by atoms with E-state index in [1.54, 1.807) is 36.4 Å². The number of benzene rings is 3. The summed E-state index contributed by atoms with van der Waals surface area (Å²) in [7, 11) is -3.80. The van der Waals surface area contributed by atoms with Gasteiger partial charge in [0.15, 0.2) is 0 Å². The quantitative estimate of drug-likeness (QED) is 0.466. The second-order valence-electron chi connectivity index (χ2n) is 6.91. The molecule has 0 atom stereocenters. The van der Waals surface area contributed by atoms with E-state index in [0.717, 1.165) is 27.4 Å². The topological polar surface area (TPSA) is 83.6 Å². The van der Waals surface area contributed by atoms with Gasteiger partial charge in [-0.2, -0.15) is 0 Å². The molecule has 0 saturated carbocycles. The Labute approximate surface area is 199 Å². The van der Waals surface area contributed by atoms with Crippen LogP contribution in [0.4, 0.5) is 4.79 Å². The van der Waals surface area contributed by atoms with E-state index in [-0.39, 0.29) is 22.9 Å². The molecule has 0 unspecified atom stereocenters. The third-order valence-electron chi connectivity index (χ3n) is 4.77. The van der Waals surface area contributed by atoms with Crippen LogP contribution in [0.1, 0.15) is 5.56 Å². The van der Waals surface area contributed by atoms with Crippen LogP contribution in [-0.4, -0.2) is 37.6 Å². The molecule has 4 rings (SSSR count). The second kappa shape index (κ2) is 9.25. The number of sulfonamides is 1. The summed E-state index contributed by atoms with van der Waals surface area (Å²) in [6, 6.07) is 17.1. The van der Waals surface area contributed by atoms with Gasteiger partial charge in [0, 0.05) is 13.1 Å². The predicted octanol–water partition coefficient (Wildman–Crippen LogP) is 5.16. The van der Waals surface area contributed by atoms with E-state index in [4.69, 9.17) is 23.2 Å². The molecular weight excluding hydrogens is 491 g/mol. The van der Waals surface area contributed by atoms with E-state index in [9.17, 15) is 18.0 Å². The maximum Gasteiger partial charge on any atom is 0.293 e. The molecular formula is C22H16Cl2N2O4S2. The lowest BCUT2D eigenvalue weighted by atomic mass is 10.1. The highest BCUT2D eigenvalue weighted by Crippen LogP contribution is 2.33. The number of hydrogen-bond donors (Lipinski definition) is 1. The highest BCUT2D eigenvalue weighted by atomic mass is 35.5. The van der Waals surface area contributed by atoms with Gasteiger partial charge in [-0.3, -0.25) is 14.5 Å². The van der Waals surface area contributed by atoms with E-state index in [2.05, 4.69) is 4.72 Å². The summed E-state index contributed by atoms with van der Waals surface area (Å²) >= 11 is 12.7. The molecule has 0 aliphatic carbocycles. The second-order valence-corrected chi connectivity index (χ2v) is 10.5. The normalized spacial score (nSPS) is 15.8. The molecule has 3 aromatic carbocycles. The van der Waals surface area contributed by atoms with Crippen LogP contribution in [0.5, 0.6) is 0 Å². The minimum Gasteiger partial charge on any atom is -0.268 e. The average Bonchev–Trinajstić information content (AvgIpc) is 3.03. The number of nitrogens with one attached hydrogen (secondary N) is 1. The van der Waals surface area contributed by atoms with Gasteiger partial charge >= 0.3 is 0 Å². The van der Waals surface area contributed by atoms with Crippen LogP contribution < -0.4 is 4.72 Å². The van der Waals surface area contributed by atoms with Crippen molar-refractivity contribution in [1.82, 2.24) is 9.62 Å². The standard InChI is InChI=1S/C22H16Cl2N2O4S2/c23-18-8-5-14(11-19(18)24)12-20-21(27)26(22(28)31-20)10-9-25-32(29,30)17-7-6-15-3-1-2-4-16(15)13-17/h1-8,11-13,25H,9-10H2/b20-12-. The van der Waals surface area contributed by atoms with Crippen LogP contribution in [0.15, 0.2) is 70.5 Å². The Kier molecular flexibility index (Phi) is 6.60. The summed E-state index contributed by atoms with van der Waals surface area (Å²) in [6.07, 6.45) is 1.55. The highest BCUT2D eigenvalue weighted by molar-refractivity contribution is 8.18. The van der Waals surface area contributed by atoms with Gasteiger partial charge in [0.25, 0.3) is 11.1 Å². The Morgan fingerprint density at radius 3 is 2.44 bits per heavy atom. The van der Waals surface area contributed by atoms with Crippen molar-refractivity contribution in [1.29, 1.82) is 0 Å². The fourth-order valence-corrected chi connectivity index (χ4v) is 5.38. The van der Waals surface area contributed by atoms with Crippen LogP contribution in [0.25, 0.3) is 16.8 Å². The molecule has 2 amide bonds. The Morgan fingerprint density at radius 1 is 0.938 bits per heavy atom. The molecule has 0 radical (unpaired) electrons. The SMILES string of the molecule is O=C1S/C(=C\c2ccc(Cl)c(Cl)c2)C(=O)N1CCNS(=O)(=O)c1ccc2ccccc2c1. The largest absolute Gasteiger partial charge is 0.293 e. The van der Waals surface area contributed by atoms with Gasteiger partial charge in [-0.15, -0.1) is 0 Å². The van der Waals surface area contributed by atoms with Crippen molar-refractivity contribution in [3.63, 3.8) is 0 Å². The number of halogens is 2. The summed E-state index contributed by atoms with van der Waals surface area (Å²) in [6.45, 7) is -0.191. The fraction of sp³-hybridized carbons (Fsp3) is 0.0909. The van der Waals surface area contributed by atoms with Crippen molar-refractivity contribution in [2.45, 2.75) is 4.90 Å². The maximum absolute atomic E-state index is 12.6. The molecule has 1 N–H and O–H groups in total. The predicted molar refractivity (Wildman–Crippen MR) is 128 cm³/mol. The molecule has 1 heterocycles. The van der Waals surface area contributed by atoms with Crippen LogP contribution in [-0.2, 0) is 14.8 Å². The number of fused-ring (bicyclic) bond motifs is 1. The van der Waals surface area contributed by atoms with E-state index >= 15 is 0 Å². The van der Waals surface area contributed by atoms with Crippen molar-refractivity contribution < 1.29 is 18.0 Å². The van der Waals surface area contributed by atoms with Crippen molar-refractivity contribution in [3.8, 4) is 0 Å². The van der Waals surface area contributed by atoms with Gasteiger partial charge < -0.3 is 0 Å². The smallest absolute Gasteiger partial charge is 0.268 e. The number of thioether (sulfide) groups is 1. The van der Waals surface area contributed by atoms with Crippen LogP contribution in [0.3, 0.4) is 0 Å². The zero-order chi connectivity index (χ0) is 22.9. The average molecular weight is 507 g/mol.